The maximum atomic E-state index is 12.5. The zero-order chi connectivity index (χ0) is 20.2. The molecule has 0 aliphatic rings. The standard InChI is InChI=1S/C19H22N2O6/c1-4-17(13(3)10-16(21-12-23)19(25)26-5-2)27-18(24)14-8-6-7-9-15(14)20-11-22/h6-9,13,16-17H,4-5,10H2,1-3H3. The van der Waals surface area contributed by atoms with Gasteiger partial charge in [0.2, 0.25) is 12.2 Å². The summed E-state index contributed by atoms with van der Waals surface area (Å²) in [6.45, 7) is 5.42. The molecule has 0 saturated carbocycles. The number of para-hydroxylation sites is 1. The summed E-state index contributed by atoms with van der Waals surface area (Å²) in [5, 5.41) is 0. The Bertz CT molecular complexity index is 750. The van der Waals surface area contributed by atoms with Crippen molar-refractivity contribution < 1.29 is 28.7 Å². The van der Waals surface area contributed by atoms with Crippen molar-refractivity contribution in [1.82, 2.24) is 0 Å². The van der Waals surface area contributed by atoms with Crippen LogP contribution >= 0.6 is 0 Å². The SMILES string of the molecule is CCOC(=O)C(CC(C)C(CC)OC(=O)c1ccccc1N=C=O)N=C=O. The first-order valence-electron chi connectivity index (χ1n) is 8.59. The van der Waals surface area contributed by atoms with Gasteiger partial charge in [-0.15, -0.1) is 0 Å². The zero-order valence-electron chi connectivity index (χ0n) is 15.5. The van der Waals surface area contributed by atoms with Gasteiger partial charge in [0.1, 0.15) is 6.10 Å². The monoisotopic (exact) mass is 374 g/mol. The molecule has 0 aliphatic carbocycles. The Labute approximate surface area is 157 Å². The molecule has 144 valence electrons. The summed E-state index contributed by atoms with van der Waals surface area (Å²) >= 11 is 0. The molecule has 1 aromatic rings. The summed E-state index contributed by atoms with van der Waals surface area (Å²) in [6, 6.07) is 5.25. The van der Waals surface area contributed by atoms with E-state index in [0.29, 0.717) is 6.42 Å². The van der Waals surface area contributed by atoms with Gasteiger partial charge >= 0.3 is 11.9 Å². The smallest absolute Gasteiger partial charge is 0.340 e. The highest BCUT2D eigenvalue weighted by Crippen LogP contribution is 2.24. The second-order valence-corrected chi connectivity index (χ2v) is 5.77. The van der Waals surface area contributed by atoms with E-state index in [1.807, 2.05) is 6.92 Å². The summed E-state index contributed by atoms with van der Waals surface area (Å²) in [7, 11) is 0. The third-order valence-electron chi connectivity index (χ3n) is 3.95. The van der Waals surface area contributed by atoms with E-state index in [1.54, 1.807) is 26.0 Å². The van der Waals surface area contributed by atoms with Crippen molar-refractivity contribution in [2.45, 2.75) is 45.8 Å². The van der Waals surface area contributed by atoms with Gasteiger partial charge in [-0.3, -0.25) is 0 Å². The molecule has 0 spiro atoms. The topological polar surface area (TPSA) is 111 Å². The van der Waals surface area contributed by atoms with Gasteiger partial charge in [0.25, 0.3) is 0 Å². The Morgan fingerprint density at radius 1 is 1.15 bits per heavy atom. The fraction of sp³-hybridized carbons (Fsp3) is 0.474. The molecule has 27 heavy (non-hydrogen) atoms. The molecule has 8 heteroatoms. The predicted octanol–water partition coefficient (Wildman–Crippen LogP) is 2.88. The molecule has 0 radical (unpaired) electrons. The Balaban J connectivity index is 2.90. The second kappa shape index (κ2) is 11.5. The van der Waals surface area contributed by atoms with E-state index in [2.05, 4.69) is 9.98 Å². The van der Waals surface area contributed by atoms with E-state index in [9.17, 15) is 19.2 Å². The molecule has 1 aromatic carbocycles. The lowest BCUT2D eigenvalue weighted by atomic mass is 9.94. The highest BCUT2D eigenvalue weighted by atomic mass is 16.5. The molecule has 3 atom stereocenters. The van der Waals surface area contributed by atoms with E-state index in [1.165, 1.54) is 24.3 Å². The number of hydrogen-bond donors (Lipinski definition) is 0. The maximum absolute atomic E-state index is 12.5. The second-order valence-electron chi connectivity index (χ2n) is 5.77. The number of hydrogen-bond acceptors (Lipinski definition) is 8. The maximum Gasteiger partial charge on any atom is 0.340 e. The number of carbonyl (C=O) groups is 2. The largest absolute Gasteiger partial charge is 0.464 e. The number of ether oxygens (including phenoxy) is 2. The van der Waals surface area contributed by atoms with Crippen LogP contribution in [0.5, 0.6) is 0 Å². The summed E-state index contributed by atoms with van der Waals surface area (Å²) in [4.78, 5) is 52.4. The Kier molecular flexibility index (Phi) is 9.37. The molecule has 1 rings (SSSR count). The van der Waals surface area contributed by atoms with Gasteiger partial charge in [0.15, 0.2) is 6.04 Å². The van der Waals surface area contributed by atoms with E-state index in [-0.39, 0.29) is 30.2 Å². The number of aliphatic imine (C=N–C) groups is 2. The summed E-state index contributed by atoms with van der Waals surface area (Å²) < 4.78 is 10.4. The number of benzene rings is 1. The zero-order valence-corrected chi connectivity index (χ0v) is 15.5. The molecule has 0 aliphatic heterocycles. The Morgan fingerprint density at radius 2 is 1.85 bits per heavy atom. The van der Waals surface area contributed by atoms with Crippen molar-refractivity contribution in [3.05, 3.63) is 29.8 Å². The van der Waals surface area contributed by atoms with E-state index in [0.717, 1.165) is 0 Å². The molecule has 0 saturated heterocycles. The highest BCUT2D eigenvalue weighted by Gasteiger charge is 2.28. The van der Waals surface area contributed by atoms with Crippen LogP contribution < -0.4 is 0 Å². The average Bonchev–Trinajstić information content (AvgIpc) is 2.66. The van der Waals surface area contributed by atoms with Gasteiger partial charge < -0.3 is 9.47 Å². The normalized spacial score (nSPS) is 13.3. The fourth-order valence-corrected chi connectivity index (χ4v) is 2.60. The average molecular weight is 374 g/mol. The van der Waals surface area contributed by atoms with Crippen LogP contribution in [0.3, 0.4) is 0 Å². The molecular formula is C19H22N2O6. The van der Waals surface area contributed by atoms with Gasteiger partial charge in [0.05, 0.1) is 17.9 Å². The van der Waals surface area contributed by atoms with E-state index < -0.39 is 24.1 Å². The van der Waals surface area contributed by atoms with Gasteiger partial charge in [-0.25, -0.2) is 19.2 Å². The first-order valence-corrected chi connectivity index (χ1v) is 8.59. The van der Waals surface area contributed by atoms with Gasteiger partial charge in [-0.05, 0) is 37.8 Å². The van der Waals surface area contributed by atoms with Crippen molar-refractivity contribution in [3.8, 4) is 0 Å². The summed E-state index contributed by atoms with van der Waals surface area (Å²) in [5.74, 6) is -1.55. The number of rotatable bonds is 10. The van der Waals surface area contributed by atoms with Crippen LogP contribution in [0.15, 0.2) is 34.3 Å². The van der Waals surface area contributed by atoms with Crippen LogP contribution in [-0.4, -0.2) is 42.9 Å². The van der Waals surface area contributed by atoms with Crippen molar-refractivity contribution >= 4 is 29.8 Å². The number of nitrogens with zero attached hydrogens (tertiary/aromatic N) is 2. The van der Waals surface area contributed by atoms with Crippen LogP contribution in [0.2, 0.25) is 0 Å². The van der Waals surface area contributed by atoms with Crippen LogP contribution in [0, 0.1) is 5.92 Å². The summed E-state index contributed by atoms with van der Waals surface area (Å²) in [6.07, 6.45) is 2.88. The molecular weight excluding hydrogens is 352 g/mol. The van der Waals surface area contributed by atoms with Gasteiger partial charge in [-0.1, -0.05) is 26.0 Å². The van der Waals surface area contributed by atoms with Crippen LogP contribution in [0.4, 0.5) is 5.69 Å². The fourth-order valence-electron chi connectivity index (χ4n) is 2.60. The number of esters is 2. The number of carbonyl (C=O) groups excluding carboxylic acids is 4. The van der Waals surface area contributed by atoms with E-state index >= 15 is 0 Å². The third-order valence-corrected chi connectivity index (χ3v) is 3.95. The first kappa shape index (κ1) is 22.0. The van der Waals surface area contributed by atoms with E-state index in [4.69, 9.17) is 9.47 Å². The molecule has 0 heterocycles. The van der Waals surface area contributed by atoms with Crippen molar-refractivity contribution in [2.75, 3.05) is 6.61 Å². The minimum atomic E-state index is -1.00. The minimum absolute atomic E-state index is 0.138. The Morgan fingerprint density at radius 3 is 2.44 bits per heavy atom. The predicted molar refractivity (Wildman–Crippen MR) is 96.0 cm³/mol. The van der Waals surface area contributed by atoms with Crippen molar-refractivity contribution in [2.24, 2.45) is 15.9 Å². The molecule has 8 nitrogen and oxygen atoms in total. The lowest BCUT2D eigenvalue weighted by Gasteiger charge is -2.24. The quantitative estimate of drug-likeness (QED) is 0.354. The van der Waals surface area contributed by atoms with Crippen molar-refractivity contribution in [1.29, 1.82) is 0 Å². The Hall–Kier alpha value is -3.08. The molecule has 3 unspecified atom stereocenters. The first-order chi connectivity index (χ1) is 13.0. The van der Waals surface area contributed by atoms with Gasteiger partial charge in [-0.2, -0.15) is 9.98 Å². The minimum Gasteiger partial charge on any atom is -0.464 e. The highest BCUT2D eigenvalue weighted by molar-refractivity contribution is 5.95. The summed E-state index contributed by atoms with van der Waals surface area (Å²) in [5.41, 5.74) is 0.300. The lowest BCUT2D eigenvalue weighted by molar-refractivity contribution is -0.145. The third kappa shape index (κ3) is 6.62. The molecule has 0 amide bonds. The molecule has 0 N–H and O–H groups in total. The van der Waals surface area contributed by atoms with Crippen molar-refractivity contribution in [3.63, 3.8) is 0 Å². The number of isocyanates is 2. The van der Waals surface area contributed by atoms with Crippen LogP contribution in [0.25, 0.3) is 0 Å². The lowest BCUT2D eigenvalue weighted by Crippen LogP contribution is -2.31. The van der Waals surface area contributed by atoms with Crippen LogP contribution in [0.1, 0.15) is 44.0 Å². The molecule has 0 aromatic heterocycles. The van der Waals surface area contributed by atoms with Gasteiger partial charge in [0, 0.05) is 0 Å². The van der Waals surface area contributed by atoms with Crippen LogP contribution in [-0.2, 0) is 23.9 Å². The molecule has 0 fully saturated rings. The molecule has 0 bridgehead atoms.